The molecule has 2 rings (SSSR count). The van der Waals surface area contributed by atoms with E-state index in [1.54, 1.807) is 0 Å². The van der Waals surface area contributed by atoms with Gasteiger partial charge in [-0.3, -0.25) is 0 Å². The molecule has 0 aliphatic carbocycles. The third-order valence-corrected chi connectivity index (χ3v) is 5.18. The van der Waals surface area contributed by atoms with Gasteiger partial charge in [-0.15, -0.1) is 11.3 Å². The van der Waals surface area contributed by atoms with E-state index in [1.807, 2.05) is 23.5 Å². The maximum Gasteiger partial charge on any atom is 0.0406 e. The Hall–Kier alpha value is -0.830. The Balaban J connectivity index is 2.09. The van der Waals surface area contributed by atoms with Crippen LogP contribution in [0.2, 0.25) is 5.02 Å². The number of rotatable bonds is 8. The summed E-state index contributed by atoms with van der Waals surface area (Å²) in [5.41, 5.74) is 1.37. The normalized spacial score (nSPS) is 12.5. The molecule has 1 N–H and O–H groups in total. The zero-order valence-corrected chi connectivity index (χ0v) is 14.4. The van der Waals surface area contributed by atoms with Crippen LogP contribution in [0, 0.1) is 0 Å². The number of aryl methyl sites for hydroxylation is 1. The Labute approximate surface area is 137 Å². The molecular weight excluding hydrogens is 298 g/mol. The molecule has 0 saturated carbocycles. The second kappa shape index (κ2) is 8.57. The second-order valence-electron chi connectivity index (χ2n) is 5.38. The van der Waals surface area contributed by atoms with Crippen molar-refractivity contribution in [3.63, 3.8) is 0 Å². The van der Waals surface area contributed by atoms with E-state index in [0.717, 1.165) is 31.0 Å². The van der Waals surface area contributed by atoms with E-state index in [9.17, 15) is 0 Å². The molecule has 1 aromatic heterocycles. The molecule has 2 aromatic rings. The Morgan fingerprint density at radius 3 is 2.38 bits per heavy atom. The number of nitrogens with one attached hydrogen (secondary N) is 1. The highest BCUT2D eigenvalue weighted by Crippen LogP contribution is 2.26. The van der Waals surface area contributed by atoms with E-state index in [1.165, 1.54) is 21.7 Å². The van der Waals surface area contributed by atoms with Crippen molar-refractivity contribution in [2.75, 3.05) is 13.1 Å². The molecule has 21 heavy (non-hydrogen) atoms. The van der Waals surface area contributed by atoms with Crippen molar-refractivity contribution in [1.82, 2.24) is 5.32 Å². The average molecular weight is 322 g/mol. The second-order valence-corrected chi connectivity index (χ2v) is 7.07. The van der Waals surface area contributed by atoms with Crippen LogP contribution in [0.3, 0.4) is 0 Å². The SMILES string of the molecule is CCCNCC(Cc1ccc(CC)s1)c1ccc(Cl)cc1. The molecular formula is C18H24ClNS. The lowest BCUT2D eigenvalue weighted by atomic mass is 9.95. The first-order chi connectivity index (χ1) is 10.2. The van der Waals surface area contributed by atoms with Crippen molar-refractivity contribution in [1.29, 1.82) is 0 Å². The summed E-state index contributed by atoms with van der Waals surface area (Å²) in [6, 6.07) is 12.9. The first-order valence-electron chi connectivity index (χ1n) is 7.76. The Kier molecular flexibility index (Phi) is 6.75. The quantitative estimate of drug-likeness (QED) is 0.651. The highest BCUT2D eigenvalue weighted by molar-refractivity contribution is 7.11. The van der Waals surface area contributed by atoms with Gasteiger partial charge in [0.05, 0.1) is 0 Å². The monoisotopic (exact) mass is 321 g/mol. The van der Waals surface area contributed by atoms with Gasteiger partial charge in [-0.2, -0.15) is 0 Å². The average Bonchev–Trinajstić information content (AvgIpc) is 2.95. The lowest BCUT2D eigenvalue weighted by Crippen LogP contribution is -2.23. The van der Waals surface area contributed by atoms with E-state index in [2.05, 4.69) is 43.4 Å². The minimum Gasteiger partial charge on any atom is -0.316 e. The summed E-state index contributed by atoms with van der Waals surface area (Å²) in [5, 5.41) is 4.37. The van der Waals surface area contributed by atoms with Gasteiger partial charge in [0.2, 0.25) is 0 Å². The van der Waals surface area contributed by atoms with Gasteiger partial charge in [-0.05, 0) is 55.6 Å². The molecule has 1 unspecified atom stereocenters. The summed E-state index contributed by atoms with van der Waals surface area (Å²) in [4.78, 5) is 2.95. The highest BCUT2D eigenvalue weighted by Gasteiger charge is 2.13. The third-order valence-electron chi connectivity index (χ3n) is 3.67. The molecule has 0 amide bonds. The van der Waals surface area contributed by atoms with Crippen LogP contribution in [-0.4, -0.2) is 13.1 Å². The number of hydrogen-bond acceptors (Lipinski definition) is 2. The summed E-state index contributed by atoms with van der Waals surface area (Å²) in [7, 11) is 0. The van der Waals surface area contributed by atoms with Crippen LogP contribution in [0.15, 0.2) is 36.4 Å². The minimum atomic E-state index is 0.511. The van der Waals surface area contributed by atoms with Gasteiger partial charge in [0.1, 0.15) is 0 Å². The smallest absolute Gasteiger partial charge is 0.0406 e. The maximum absolute atomic E-state index is 6.01. The van der Waals surface area contributed by atoms with E-state index in [-0.39, 0.29) is 0 Å². The molecule has 3 heteroatoms. The van der Waals surface area contributed by atoms with E-state index in [0.29, 0.717) is 5.92 Å². The number of hydrogen-bond donors (Lipinski definition) is 1. The molecule has 0 spiro atoms. The fraction of sp³-hybridized carbons (Fsp3) is 0.444. The van der Waals surface area contributed by atoms with E-state index >= 15 is 0 Å². The first kappa shape index (κ1) is 16.5. The van der Waals surface area contributed by atoms with Gasteiger partial charge in [-0.1, -0.05) is 37.6 Å². The van der Waals surface area contributed by atoms with Crippen molar-refractivity contribution in [2.45, 2.75) is 39.0 Å². The van der Waals surface area contributed by atoms with Crippen LogP contribution >= 0.6 is 22.9 Å². The molecule has 1 nitrogen and oxygen atoms in total. The van der Waals surface area contributed by atoms with Gasteiger partial charge in [-0.25, -0.2) is 0 Å². The number of thiophene rings is 1. The molecule has 114 valence electrons. The molecule has 0 aliphatic heterocycles. The fourth-order valence-corrected chi connectivity index (χ4v) is 3.62. The van der Waals surface area contributed by atoms with Gasteiger partial charge < -0.3 is 5.32 Å². The standard InChI is InChI=1S/C18H24ClNS/c1-3-11-20-13-15(14-5-7-16(19)8-6-14)12-18-10-9-17(4-2)21-18/h5-10,15,20H,3-4,11-13H2,1-2H3. The molecule has 0 bridgehead atoms. The number of halogens is 1. The highest BCUT2D eigenvalue weighted by atomic mass is 35.5. The zero-order chi connectivity index (χ0) is 15.1. The molecule has 0 fully saturated rings. The lowest BCUT2D eigenvalue weighted by Gasteiger charge is -2.17. The molecule has 0 aliphatic rings. The summed E-state index contributed by atoms with van der Waals surface area (Å²) in [5.74, 6) is 0.511. The first-order valence-corrected chi connectivity index (χ1v) is 8.96. The molecule has 0 saturated heterocycles. The van der Waals surface area contributed by atoms with Crippen molar-refractivity contribution < 1.29 is 0 Å². The largest absolute Gasteiger partial charge is 0.316 e. The van der Waals surface area contributed by atoms with Crippen molar-refractivity contribution >= 4 is 22.9 Å². The van der Waals surface area contributed by atoms with Crippen molar-refractivity contribution in [3.05, 3.63) is 56.7 Å². The van der Waals surface area contributed by atoms with E-state index in [4.69, 9.17) is 11.6 Å². The minimum absolute atomic E-state index is 0.511. The Morgan fingerprint density at radius 1 is 1.05 bits per heavy atom. The van der Waals surface area contributed by atoms with Crippen LogP contribution in [0.4, 0.5) is 0 Å². The van der Waals surface area contributed by atoms with Crippen molar-refractivity contribution in [2.24, 2.45) is 0 Å². The van der Waals surface area contributed by atoms with Crippen LogP contribution in [-0.2, 0) is 12.8 Å². The summed E-state index contributed by atoms with van der Waals surface area (Å²) < 4.78 is 0. The fourth-order valence-electron chi connectivity index (χ4n) is 2.46. The van der Waals surface area contributed by atoms with Gasteiger partial charge in [0.15, 0.2) is 0 Å². The summed E-state index contributed by atoms with van der Waals surface area (Å²) in [6.45, 7) is 6.52. The van der Waals surface area contributed by atoms with Gasteiger partial charge >= 0.3 is 0 Å². The summed E-state index contributed by atoms with van der Waals surface area (Å²) in [6.07, 6.45) is 3.40. The maximum atomic E-state index is 6.01. The van der Waals surface area contributed by atoms with Crippen LogP contribution in [0.5, 0.6) is 0 Å². The van der Waals surface area contributed by atoms with Crippen LogP contribution in [0.25, 0.3) is 0 Å². The van der Waals surface area contributed by atoms with Gasteiger partial charge in [0, 0.05) is 27.2 Å². The molecule has 1 atom stereocenters. The lowest BCUT2D eigenvalue weighted by molar-refractivity contribution is 0.579. The van der Waals surface area contributed by atoms with Crippen LogP contribution in [0.1, 0.15) is 41.5 Å². The zero-order valence-electron chi connectivity index (χ0n) is 12.9. The van der Waals surface area contributed by atoms with Crippen LogP contribution < -0.4 is 5.32 Å². The summed E-state index contributed by atoms with van der Waals surface area (Å²) >= 11 is 7.96. The third kappa shape index (κ3) is 5.14. The molecule has 1 aromatic carbocycles. The molecule has 0 radical (unpaired) electrons. The van der Waals surface area contributed by atoms with Gasteiger partial charge in [0.25, 0.3) is 0 Å². The topological polar surface area (TPSA) is 12.0 Å². The Morgan fingerprint density at radius 2 is 1.76 bits per heavy atom. The number of benzene rings is 1. The molecule has 1 heterocycles. The predicted octanol–water partition coefficient (Wildman–Crippen LogP) is 5.29. The van der Waals surface area contributed by atoms with Crippen molar-refractivity contribution in [3.8, 4) is 0 Å². The Bertz CT molecular complexity index is 532. The predicted molar refractivity (Wildman–Crippen MR) is 94.8 cm³/mol. The van der Waals surface area contributed by atoms with E-state index < -0.39 is 0 Å².